The molecule has 0 radical (unpaired) electrons. The van der Waals surface area contributed by atoms with E-state index in [4.69, 9.17) is 0 Å². The van der Waals surface area contributed by atoms with Crippen molar-refractivity contribution in [3.8, 4) is 5.75 Å². The van der Waals surface area contributed by atoms with Crippen molar-refractivity contribution in [2.75, 3.05) is 5.32 Å². The number of aromatic nitrogens is 2. The number of hydrogen-bond donors (Lipinski definition) is 1. The third kappa shape index (κ3) is 5.65. The van der Waals surface area contributed by atoms with Gasteiger partial charge in [0, 0.05) is 24.4 Å². The van der Waals surface area contributed by atoms with E-state index in [1.165, 1.54) is 42.6 Å². The summed E-state index contributed by atoms with van der Waals surface area (Å²) in [4.78, 5) is 12.0. The zero-order valence-corrected chi connectivity index (χ0v) is 15.5. The van der Waals surface area contributed by atoms with Gasteiger partial charge in [0.2, 0.25) is 5.91 Å². The summed E-state index contributed by atoms with van der Waals surface area (Å²) in [6.07, 6.45) is 3.80. The number of benzene rings is 2. The third-order valence-corrected chi connectivity index (χ3v) is 3.95. The second-order valence-corrected chi connectivity index (χ2v) is 6.12. The van der Waals surface area contributed by atoms with Crippen LogP contribution in [0.2, 0.25) is 0 Å². The molecule has 1 heterocycles. The molecule has 0 unspecified atom stereocenters. The first-order valence-corrected chi connectivity index (χ1v) is 8.62. The fourth-order valence-corrected chi connectivity index (χ4v) is 2.54. The molecule has 2 aromatic carbocycles. The van der Waals surface area contributed by atoms with Crippen molar-refractivity contribution in [2.45, 2.75) is 13.2 Å². The van der Waals surface area contributed by atoms with E-state index in [-0.39, 0.29) is 17.6 Å². The highest BCUT2D eigenvalue weighted by atomic mass is 19.3. The molecule has 31 heavy (non-hydrogen) atoms. The van der Waals surface area contributed by atoms with Crippen LogP contribution in [0, 0.1) is 23.3 Å². The average molecular weight is 441 g/mol. The molecule has 0 spiro atoms. The Morgan fingerprint density at radius 2 is 1.71 bits per heavy atom. The van der Waals surface area contributed by atoms with Gasteiger partial charge >= 0.3 is 6.61 Å². The highest BCUT2D eigenvalue weighted by molar-refractivity contribution is 6.01. The minimum Gasteiger partial charge on any atom is -0.435 e. The zero-order chi connectivity index (χ0) is 22.5. The number of halogens is 6. The van der Waals surface area contributed by atoms with Gasteiger partial charge in [0.15, 0.2) is 29.1 Å². The number of hydrogen-bond acceptors (Lipinski definition) is 3. The van der Waals surface area contributed by atoms with E-state index in [1.54, 1.807) is 0 Å². The van der Waals surface area contributed by atoms with Crippen molar-refractivity contribution < 1.29 is 35.9 Å². The molecule has 5 nitrogen and oxygen atoms in total. The molecule has 0 bridgehead atoms. The Balaban J connectivity index is 1.62. The van der Waals surface area contributed by atoms with Crippen LogP contribution >= 0.6 is 0 Å². The van der Waals surface area contributed by atoms with E-state index in [2.05, 4.69) is 15.2 Å². The van der Waals surface area contributed by atoms with Gasteiger partial charge in [-0.2, -0.15) is 13.9 Å². The predicted octanol–water partition coefficient (Wildman–Crippen LogP) is 4.74. The van der Waals surface area contributed by atoms with Crippen LogP contribution in [0.5, 0.6) is 5.75 Å². The van der Waals surface area contributed by atoms with Crippen LogP contribution in [-0.4, -0.2) is 22.3 Å². The molecule has 0 fully saturated rings. The van der Waals surface area contributed by atoms with Crippen molar-refractivity contribution in [2.24, 2.45) is 0 Å². The van der Waals surface area contributed by atoms with E-state index in [1.807, 2.05) is 0 Å². The van der Waals surface area contributed by atoms with E-state index in [9.17, 15) is 31.1 Å². The fourth-order valence-electron chi connectivity index (χ4n) is 2.54. The van der Waals surface area contributed by atoms with Crippen LogP contribution in [0.4, 0.5) is 32.2 Å². The topological polar surface area (TPSA) is 56.1 Å². The largest absolute Gasteiger partial charge is 0.435 e. The van der Waals surface area contributed by atoms with Gasteiger partial charge in [-0.15, -0.1) is 0 Å². The van der Waals surface area contributed by atoms with Crippen LogP contribution in [0.25, 0.3) is 6.08 Å². The third-order valence-electron chi connectivity index (χ3n) is 3.95. The predicted molar refractivity (Wildman–Crippen MR) is 98.3 cm³/mol. The Hall–Kier alpha value is -3.76. The van der Waals surface area contributed by atoms with Crippen LogP contribution in [0.1, 0.15) is 11.1 Å². The Morgan fingerprint density at radius 3 is 2.32 bits per heavy atom. The summed E-state index contributed by atoms with van der Waals surface area (Å²) in [6.45, 7) is -3.55. The SMILES string of the molecule is O=C(/C=C\c1ccc(OC(F)F)cc1)Nc1ccn(Cc2c(F)c(F)cc(F)c2F)n1. The molecule has 0 aliphatic rings. The molecule has 0 saturated heterocycles. The van der Waals surface area contributed by atoms with E-state index < -0.39 is 47.9 Å². The highest BCUT2D eigenvalue weighted by Crippen LogP contribution is 2.20. The van der Waals surface area contributed by atoms with E-state index >= 15 is 0 Å². The maximum atomic E-state index is 13.7. The smallest absolute Gasteiger partial charge is 0.387 e. The lowest BCUT2D eigenvalue weighted by Crippen LogP contribution is -2.11. The Labute approximate surface area is 171 Å². The molecule has 11 heteroatoms. The normalized spacial score (nSPS) is 11.3. The molecule has 3 rings (SSSR count). The van der Waals surface area contributed by atoms with Gasteiger partial charge in [-0.25, -0.2) is 17.6 Å². The Bertz CT molecular complexity index is 1090. The van der Waals surface area contributed by atoms with Crippen molar-refractivity contribution in [3.05, 3.63) is 83.1 Å². The van der Waals surface area contributed by atoms with Crippen molar-refractivity contribution in [3.63, 3.8) is 0 Å². The monoisotopic (exact) mass is 441 g/mol. The minimum absolute atomic E-state index is 0.0213. The number of rotatable bonds is 7. The highest BCUT2D eigenvalue weighted by Gasteiger charge is 2.19. The molecule has 1 aromatic heterocycles. The molecular weight excluding hydrogens is 428 g/mol. The zero-order valence-electron chi connectivity index (χ0n) is 15.5. The first-order chi connectivity index (χ1) is 14.7. The van der Waals surface area contributed by atoms with Crippen LogP contribution in [0.3, 0.4) is 0 Å². The van der Waals surface area contributed by atoms with Gasteiger partial charge in [-0.1, -0.05) is 12.1 Å². The number of alkyl halides is 2. The lowest BCUT2D eigenvalue weighted by molar-refractivity contribution is -0.111. The molecule has 1 N–H and O–H groups in total. The molecule has 0 atom stereocenters. The van der Waals surface area contributed by atoms with Crippen LogP contribution < -0.4 is 10.1 Å². The first-order valence-electron chi connectivity index (χ1n) is 8.62. The summed E-state index contributed by atoms with van der Waals surface area (Å²) in [7, 11) is 0. The summed E-state index contributed by atoms with van der Waals surface area (Å²) >= 11 is 0. The van der Waals surface area contributed by atoms with Crippen LogP contribution in [-0.2, 0) is 11.3 Å². The first kappa shape index (κ1) is 21.9. The molecule has 162 valence electrons. The quantitative estimate of drug-likeness (QED) is 0.327. The average Bonchev–Trinajstić information content (AvgIpc) is 3.15. The second kappa shape index (κ2) is 9.37. The van der Waals surface area contributed by atoms with Crippen molar-refractivity contribution in [1.29, 1.82) is 0 Å². The number of carbonyl (C=O) groups excluding carboxylic acids is 1. The van der Waals surface area contributed by atoms with Crippen molar-refractivity contribution in [1.82, 2.24) is 9.78 Å². The number of amides is 1. The van der Waals surface area contributed by atoms with E-state index in [0.717, 1.165) is 10.8 Å². The van der Waals surface area contributed by atoms with Gasteiger partial charge < -0.3 is 10.1 Å². The molecule has 0 saturated carbocycles. The number of carbonyl (C=O) groups is 1. The maximum Gasteiger partial charge on any atom is 0.387 e. The van der Waals surface area contributed by atoms with Gasteiger partial charge in [0.25, 0.3) is 0 Å². The second-order valence-electron chi connectivity index (χ2n) is 6.12. The summed E-state index contributed by atoms with van der Waals surface area (Å²) in [5.41, 5.74) is -0.320. The fraction of sp³-hybridized carbons (Fsp3) is 0.100. The molecule has 0 aliphatic carbocycles. The van der Waals surface area contributed by atoms with Gasteiger partial charge in [-0.05, 0) is 23.8 Å². The molecule has 0 aliphatic heterocycles. The summed E-state index contributed by atoms with van der Waals surface area (Å²) in [5, 5.41) is 6.26. The number of anilines is 1. The van der Waals surface area contributed by atoms with Gasteiger partial charge in [0.05, 0.1) is 12.1 Å². The van der Waals surface area contributed by atoms with Crippen molar-refractivity contribution >= 4 is 17.8 Å². The number of nitrogens with zero attached hydrogens (tertiary/aromatic N) is 2. The summed E-state index contributed by atoms with van der Waals surface area (Å²) < 4.78 is 83.5. The standard InChI is InChI=1S/C20H13F6N3O2/c21-14-9-15(22)19(24)13(18(14)23)10-29-8-7-16(28-29)27-17(30)6-3-11-1-4-12(5-2-11)31-20(25)26/h1-9,20H,10H2,(H,27,28,30)/b6-3-. The lowest BCUT2D eigenvalue weighted by atomic mass is 10.2. The Kier molecular flexibility index (Phi) is 6.63. The maximum absolute atomic E-state index is 13.7. The van der Waals surface area contributed by atoms with Gasteiger partial charge in [-0.3, -0.25) is 9.48 Å². The Morgan fingerprint density at radius 1 is 1.06 bits per heavy atom. The molecule has 3 aromatic rings. The number of nitrogens with one attached hydrogen (secondary N) is 1. The molecular formula is C20H13F6N3O2. The molecule has 1 amide bonds. The van der Waals surface area contributed by atoms with Crippen LogP contribution in [0.15, 0.2) is 48.7 Å². The summed E-state index contributed by atoms with van der Waals surface area (Å²) in [6, 6.07) is 6.94. The number of ether oxygens (including phenoxy) is 1. The van der Waals surface area contributed by atoms with E-state index in [0.29, 0.717) is 5.56 Å². The summed E-state index contributed by atoms with van der Waals surface area (Å²) in [5.74, 6) is -6.75. The minimum atomic E-state index is -2.94. The van der Waals surface area contributed by atoms with Gasteiger partial charge in [0.1, 0.15) is 5.75 Å². The lowest BCUT2D eigenvalue weighted by Gasteiger charge is -2.07.